The van der Waals surface area contributed by atoms with Crippen molar-refractivity contribution >= 4 is 32.8 Å². The van der Waals surface area contributed by atoms with Gasteiger partial charge in [-0.3, -0.25) is 0 Å². The maximum Gasteiger partial charge on any atom is 0.133 e. The Balaban J connectivity index is 2.03. The summed E-state index contributed by atoms with van der Waals surface area (Å²) in [6, 6.07) is 16.4. The van der Waals surface area contributed by atoms with Gasteiger partial charge in [0.05, 0.1) is 22.1 Å². The molecule has 1 aliphatic rings. The van der Waals surface area contributed by atoms with Gasteiger partial charge < -0.3 is 4.74 Å². The SMILES string of the molecule is CC1(C)Cc2c(c3ccccc3c3nc4ccccc4nc23)O1. The number of hydrogen-bond donors (Lipinski definition) is 0. The maximum absolute atomic E-state index is 6.26. The Morgan fingerprint density at radius 2 is 1.43 bits per heavy atom. The van der Waals surface area contributed by atoms with Crippen LogP contribution in [-0.4, -0.2) is 15.6 Å². The summed E-state index contributed by atoms with van der Waals surface area (Å²) >= 11 is 0. The molecule has 0 aliphatic carbocycles. The lowest BCUT2D eigenvalue weighted by Crippen LogP contribution is -2.24. The number of aromatic nitrogens is 2. The minimum atomic E-state index is -0.202. The van der Waals surface area contributed by atoms with Crippen LogP contribution < -0.4 is 4.74 Å². The van der Waals surface area contributed by atoms with Crippen LogP contribution in [0.1, 0.15) is 19.4 Å². The monoisotopic (exact) mass is 300 g/mol. The van der Waals surface area contributed by atoms with Gasteiger partial charge in [-0.2, -0.15) is 0 Å². The fraction of sp³-hybridized carbons (Fsp3) is 0.200. The fourth-order valence-corrected chi connectivity index (χ4v) is 3.57. The van der Waals surface area contributed by atoms with E-state index in [0.29, 0.717) is 0 Å². The third-order valence-corrected chi connectivity index (χ3v) is 4.54. The van der Waals surface area contributed by atoms with Gasteiger partial charge >= 0.3 is 0 Å². The summed E-state index contributed by atoms with van der Waals surface area (Å²) in [4.78, 5) is 9.84. The number of ether oxygens (including phenoxy) is 1. The van der Waals surface area contributed by atoms with Gasteiger partial charge in [0.2, 0.25) is 0 Å². The van der Waals surface area contributed by atoms with E-state index in [2.05, 4.69) is 32.0 Å². The molecule has 0 radical (unpaired) electrons. The molecule has 0 saturated carbocycles. The smallest absolute Gasteiger partial charge is 0.133 e. The molecule has 0 fully saturated rings. The van der Waals surface area contributed by atoms with Crippen molar-refractivity contribution < 1.29 is 4.74 Å². The Kier molecular flexibility index (Phi) is 2.34. The predicted octanol–water partition coefficient (Wildman–Crippen LogP) is 4.65. The summed E-state index contributed by atoms with van der Waals surface area (Å²) in [6.07, 6.45) is 0.858. The lowest BCUT2D eigenvalue weighted by molar-refractivity contribution is 0.140. The first-order chi connectivity index (χ1) is 11.1. The molecular weight excluding hydrogens is 284 g/mol. The number of hydrogen-bond acceptors (Lipinski definition) is 3. The van der Waals surface area contributed by atoms with Gasteiger partial charge in [-0.15, -0.1) is 0 Å². The summed E-state index contributed by atoms with van der Waals surface area (Å²) in [5, 5.41) is 2.24. The number of benzene rings is 3. The van der Waals surface area contributed by atoms with E-state index >= 15 is 0 Å². The van der Waals surface area contributed by atoms with Crippen LogP contribution in [0.2, 0.25) is 0 Å². The lowest BCUT2D eigenvalue weighted by Gasteiger charge is -2.17. The van der Waals surface area contributed by atoms with Crippen LogP contribution >= 0.6 is 0 Å². The third-order valence-electron chi connectivity index (χ3n) is 4.54. The third kappa shape index (κ3) is 1.76. The van der Waals surface area contributed by atoms with Crippen molar-refractivity contribution in [1.29, 1.82) is 0 Å². The molecule has 3 heteroatoms. The van der Waals surface area contributed by atoms with Gasteiger partial charge in [0.25, 0.3) is 0 Å². The number of rotatable bonds is 0. The molecule has 0 unspecified atom stereocenters. The summed E-state index contributed by atoms with van der Waals surface area (Å²) < 4.78 is 6.26. The van der Waals surface area contributed by atoms with Crippen molar-refractivity contribution in [2.75, 3.05) is 0 Å². The first kappa shape index (κ1) is 12.8. The topological polar surface area (TPSA) is 35.0 Å². The quantitative estimate of drug-likeness (QED) is 0.350. The van der Waals surface area contributed by atoms with Crippen LogP contribution in [0.5, 0.6) is 5.75 Å². The summed E-state index contributed by atoms with van der Waals surface area (Å²) in [5.41, 5.74) is 4.79. The van der Waals surface area contributed by atoms with Gasteiger partial charge in [-0.1, -0.05) is 36.4 Å². The molecule has 1 aliphatic heterocycles. The molecule has 0 spiro atoms. The van der Waals surface area contributed by atoms with E-state index in [0.717, 1.165) is 45.0 Å². The molecule has 0 atom stereocenters. The molecular formula is C20H16N2O. The highest BCUT2D eigenvalue weighted by atomic mass is 16.5. The number of nitrogens with zero attached hydrogens (tertiary/aromatic N) is 2. The zero-order valence-electron chi connectivity index (χ0n) is 13.1. The standard InChI is InChI=1S/C20H16N2O/c1-20(2)11-14-18-17(21-15-9-5-6-10-16(15)22-18)12-7-3-4-8-13(12)19(14)23-20/h3-10H,11H2,1-2H3. The first-order valence-corrected chi connectivity index (χ1v) is 7.91. The molecule has 3 nitrogen and oxygen atoms in total. The van der Waals surface area contributed by atoms with E-state index in [1.54, 1.807) is 0 Å². The van der Waals surface area contributed by atoms with Gasteiger partial charge in [0, 0.05) is 22.8 Å². The van der Waals surface area contributed by atoms with Gasteiger partial charge in [0.1, 0.15) is 11.4 Å². The Morgan fingerprint density at radius 1 is 0.826 bits per heavy atom. The highest BCUT2D eigenvalue weighted by molar-refractivity contribution is 6.11. The molecule has 4 aromatic rings. The average Bonchev–Trinajstić information content (AvgIpc) is 2.89. The van der Waals surface area contributed by atoms with Crippen LogP contribution in [0, 0.1) is 0 Å². The van der Waals surface area contributed by atoms with E-state index in [1.807, 2.05) is 30.3 Å². The summed E-state index contributed by atoms with van der Waals surface area (Å²) in [6.45, 7) is 4.25. The van der Waals surface area contributed by atoms with E-state index < -0.39 is 0 Å². The second-order valence-electron chi connectivity index (χ2n) is 6.80. The minimum absolute atomic E-state index is 0.202. The molecule has 3 aromatic carbocycles. The maximum atomic E-state index is 6.26. The molecule has 23 heavy (non-hydrogen) atoms. The van der Waals surface area contributed by atoms with Crippen molar-refractivity contribution in [3.05, 3.63) is 54.1 Å². The van der Waals surface area contributed by atoms with Crippen molar-refractivity contribution in [3.63, 3.8) is 0 Å². The van der Waals surface area contributed by atoms with Gasteiger partial charge in [-0.05, 0) is 26.0 Å². The predicted molar refractivity (Wildman–Crippen MR) is 93.0 cm³/mol. The zero-order valence-corrected chi connectivity index (χ0v) is 13.1. The highest BCUT2D eigenvalue weighted by Crippen LogP contribution is 2.44. The molecule has 112 valence electrons. The molecule has 0 N–H and O–H groups in total. The Bertz CT molecular complexity index is 1100. The van der Waals surface area contributed by atoms with Crippen LogP contribution in [-0.2, 0) is 6.42 Å². The molecule has 5 rings (SSSR count). The molecule has 0 saturated heterocycles. The Hall–Kier alpha value is -2.68. The number of para-hydroxylation sites is 2. The van der Waals surface area contributed by atoms with Gasteiger partial charge in [-0.25, -0.2) is 9.97 Å². The Morgan fingerprint density at radius 3 is 2.17 bits per heavy atom. The molecule has 2 heterocycles. The van der Waals surface area contributed by atoms with Crippen LogP contribution in [0.3, 0.4) is 0 Å². The van der Waals surface area contributed by atoms with Crippen molar-refractivity contribution in [2.24, 2.45) is 0 Å². The van der Waals surface area contributed by atoms with E-state index in [9.17, 15) is 0 Å². The lowest BCUT2D eigenvalue weighted by atomic mass is 9.97. The van der Waals surface area contributed by atoms with E-state index in [-0.39, 0.29) is 5.60 Å². The zero-order chi connectivity index (χ0) is 15.6. The molecule has 0 amide bonds. The minimum Gasteiger partial charge on any atom is -0.486 e. The fourth-order valence-electron chi connectivity index (χ4n) is 3.57. The molecule has 0 bridgehead atoms. The highest BCUT2D eigenvalue weighted by Gasteiger charge is 2.34. The van der Waals surface area contributed by atoms with Gasteiger partial charge in [0.15, 0.2) is 0 Å². The van der Waals surface area contributed by atoms with E-state index in [4.69, 9.17) is 14.7 Å². The van der Waals surface area contributed by atoms with Crippen LogP contribution in [0.25, 0.3) is 32.8 Å². The largest absolute Gasteiger partial charge is 0.486 e. The van der Waals surface area contributed by atoms with Crippen molar-refractivity contribution in [1.82, 2.24) is 9.97 Å². The second-order valence-corrected chi connectivity index (χ2v) is 6.80. The normalized spacial score (nSPS) is 15.9. The Labute approximate surface area is 133 Å². The first-order valence-electron chi connectivity index (χ1n) is 7.91. The summed E-state index contributed by atoms with van der Waals surface area (Å²) in [7, 11) is 0. The average molecular weight is 300 g/mol. The van der Waals surface area contributed by atoms with Crippen LogP contribution in [0.4, 0.5) is 0 Å². The summed E-state index contributed by atoms with van der Waals surface area (Å²) in [5.74, 6) is 0.975. The van der Waals surface area contributed by atoms with Crippen molar-refractivity contribution in [3.8, 4) is 5.75 Å². The van der Waals surface area contributed by atoms with Crippen molar-refractivity contribution in [2.45, 2.75) is 25.9 Å². The van der Waals surface area contributed by atoms with Crippen LogP contribution in [0.15, 0.2) is 48.5 Å². The van der Waals surface area contributed by atoms with E-state index in [1.165, 1.54) is 5.56 Å². The number of fused-ring (bicyclic) bond motifs is 7. The second kappa shape index (κ2) is 4.19. The molecule has 1 aromatic heterocycles.